The number of unbranched alkanes of at least 4 members (excludes halogenated alkanes) is 5. The van der Waals surface area contributed by atoms with Gasteiger partial charge in [-0.15, -0.1) is 0 Å². The SMILES string of the molecule is CCCCc1c[cH-]c(CCCC)c1.CCCCc1cc[c-](CCCC)c1CCCC.[Fe+2]. The van der Waals surface area contributed by atoms with Gasteiger partial charge < -0.3 is 0 Å². The van der Waals surface area contributed by atoms with Crippen LogP contribution in [0.1, 0.15) is 127 Å². The van der Waals surface area contributed by atoms with Gasteiger partial charge in [-0.05, 0) is 0 Å². The molecule has 0 fully saturated rings. The number of rotatable bonds is 15. The Morgan fingerprint density at radius 2 is 1.29 bits per heavy atom. The molecule has 0 N–H and O–H groups in total. The Morgan fingerprint density at radius 3 is 1.94 bits per heavy atom. The molecule has 178 valence electrons. The molecule has 0 saturated carbocycles. The van der Waals surface area contributed by atoms with Crippen molar-refractivity contribution in [1.29, 1.82) is 0 Å². The monoisotopic (exact) mass is 466 g/mol. The van der Waals surface area contributed by atoms with E-state index in [-0.39, 0.29) is 17.1 Å². The second-order valence-corrected chi connectivity index (χ2v) is 9.01. The van der Waals surface area contributed by atoms with E-state index < -0.39 is 0 Å². The maximum atomic E-state index is 2.39. The van der Waals surface area contributed by atoms with Crippen LogP contribution in [-0.4, -0.2) is 0 Å². The van der Waals surface area contributed by atoms with Crippen LogP contribution in [0, 0.1) is 0 Å². The molecule has 0 aliphatic rings. The molecule has 0 spiro atoms. The fraction of sp³-hybridized carbons (Fsp3) is 0.667. The second kappa shape index (κ2) is 19.9. The first-order chi connectivity index (χ1) is 14.7. The standard InChI is InChI=1S/C17H29.C13H21.Fe/c1-4-7-10-15-13-14-16(11-8-5-2)17(15)12-9-6-3;1-3-5-7-12-9-10-13(11-12)8-6-4-2;/h13-14H,4-12H2,1-3H3;9-11H,3-8H2,1-2H3;/q2*-1;+2. The van der Waals surface area contributed by atoms with E-state index in [1.807, 2.05) is 0 Å². The first-order valence-corrected chi connectivity index (χ1v) is 13.2. The van der Waals surface area contributed by atoms with Crippen molar-refractivity contribution in [2.24, 2.45) is 0 Å². The molecule has 0 bridgehead atoms. The van der Waals surface area contributed by atoms with Crippen molar-refractivity contribution in [3.8, 4) is 0 Å². The molecule has 0 unspecified atom stereocenters. The van der Waals surface area contributed by atoms with E-state index in [1.165, 1.54) is 107 Å². The molecule has 0 aromatic heterocycles. The first kappa shape index (κ1) is 30.2. The molecule has 2 aromatic rings. The zero-order valence-corrected chi connectivity index (χ0v) is 22.5. The first-order valence-electron chi connectivity index (χ1n) is 13.2. The molecule has 0 aliphatic heterocycles. The molecule has 0 aliphatic carbocycles. The molecule has 0 nitrogen and oxygen atoms in total. The van der Waals surface area contributed by atoms with Crippen molar-refractivity contribution in [3.05, 3.63) is 58.1 Å². The Bertz CT molecular complexity index is 583. The summed E-state index contributed by atoms with van der Waals surface area (Å²) in [5, 5.41) is 0. The Morgan fingerprint density at radius 1 is 0.710 bits per heavy atom. The third kappa shape index (κ3) is 12.7. The van der Waals surface area contributed by atoms with Gasteiger partial charge in [0.2, 0.25) is 0 Å². The van der Waals surface area contributed by atoms with Crippen LogP contribution >= 0.6 is 0 Å². The second-order valence-electron chi connectivity index (χ2n) is 9.01. The Kier molecular flexibility index (Phi) is 19.4. The number of aryl methyl sites for hydroxylation is 4. The Balaban J connectivity index is 0.000000581. The van der Waals surface area contributed by atoms with Crippen LogP contribution in [0.5, 0.6) is 0 Å². The van der Waals surface area contributed by atoms with Crippen LogP contribution < -0.4 is 0 Å². The Hall–Kier alpha value is -0.781. The summed E-state index contributed by atoms with van der Waals surface area (Å²) in [6.45, 7) is 11.4. The molecule has 31 heavy (non-hydrogen) atoms. The van der Waals surface area contributed by atoms with E-state index in [9.17, 15) is 0 Å². The normalized spacial score (nSPS) is 10.5. The third-order valence-electron chi connectivity index (χ3n) is 6.16. The topological polar surface area (TPSA) is 0 Å². The minimum atomic E-state index is 0. The van der Waals surface area contributed by atoms with Crippen molar-refractivity contribution < 1.29 is 17.1 Å². The van der Waals surface area contributed by atoms with Gasteiger partial charge in [0.1, 0.15) is 0 Å². The fourth-order valence-corrected chi connectivity index (χ4v) is 4.11. The predicted molar refractivity (Wildman–Crippen MR) is 137 cm³/mol. The van der Waals surface area contributed by atoms with Crippen LogP contribution in [0.3, 0.4) is 0 Å². The van der Waals surface area contributed by atoms with Gasteiger partial charge in [0.15, 0.2) is 0 Å². The van der Waals surface area contributed by atoms with Crippen LogP contribution in [-0.2, 0) is 49.2 Å². The summed E-state index contributed by atoms with van der Waals surface area (Å²) in [7, 11) is 0. The van der Waals surface area contributed by atoms with E-state index in [0.29, 0.717) is 0 Å². The summed E-state index contributed by atoms with van der Waals surface area (Å²) >= 11 is 0. The van der Waals surface area contributed by atoms with Gasteiger partial charge in [-0.3, -0.25) is 0 Å². The van der Waals surface area contributed by atoms with Crippen molar-refractivity contribution >= 4 is 0 Å². The van der Waals surface area contributed by atoms with E-state index in [0.717, 1.165) is 0 Å². The molecule has 2 rings (SSSR count). The van der Waals surface area contributed by atoms with Gasteiger partial charge in [0.05, 0.1) is 0 Å². The van der Waals surface area contributed by atoms with Crippen LogP contribution in [0.15, 0.2) is 30.3 Å². The van der Waals surface area contributed by atoms with Crippen molar-refractivity contribution in [2.45, 2.75) is 131 Å². The van der Waals surface area contributed by atoms with Gasteiger partial charge in [-0.1, -0.05) is 131 Å². The maximum absolute atomic E-state index is 2.39. The molecule has 0 amide bonds. The van der Waals surface area contributed by atoms with E-state index in [2.05, 4.69) is 65.0 Å². The quantitative estimate of drug-likeness (QED) is 0.181. The van der Waals surface area contributed by atoms with Gasteiger partial charge in [0.25, 0.3) is 0 Å². The summed E-state index contributed by atoms with van der Waals surface area (Å²) in [6, 6.07) is 11.8. The molecule has 0 atom stereocenters. The average Bonchev–Trinajstić information content (AvgIpc) is 3.38. The zero-order valence-electron chi connectivity index (χ0n) is 21.3. The number of hydrogen-bond donors (Lipinski definition) is 0. The molecular formula is C30H50Fe. The summed E-state index contributed by atoms with van der Waals surface area (Å²) in [5.74, 6) is 0. The average molecular weight is 467 g/mol. The van der Waals surface area contributed by atoms with Crippen LogP contribution in [0.2, 0.25) is 0 Å². The zero-order chi connectivity index (χ0) is 22.0. The summed E-state index contributed by atoms with van der Waals surface area (Å²) < 4.78 is 0. The van der Waals surface area contributed by atoms with Gasteiger partial charge in [-0.25, -0.2) is 12.1 Å². The minimum Gasteiger partial charge on any atom is -0.210 e. The molecule has 0 heterocycles. The van der Waals surface area contributed by atoms with Gasteiger partial charge in [0, 0.05) is 0 Å². The van der Waals surface area contributed by atoms with Crippen molar-refractivity contribution in [3.63, 3.8) is 0 Å². The van der Waals surface area contributed by atoms with Crippen molar-refractivity contribution in [1.82, 2.24) is 0 Å². The summed E-state index contributed by atoms with van der Waals surface area (Å²) in [5.41, 5.74) is 8.06. The fourth-order valence-electron chi connectivity index (χ4n) is 4.11. The maximum Gasteiger partial charge on any atom is 2.00 e. The minimum absolute atomic E-state index is 0. The van der Waals surface area contributed by atoms with E-state index in [1.54, 1.807) is 16.7 Å². The molecule has 1 heteroatoms. The number of hydrogen-bond acceptors (Lipinski definition) is 0. The smallest absolute Gasteiger partial charge is 0.210 e. The van der Waals surface area contributed by atoms with E-state index >= 15 is 0 Å². The molecule has 0 radical (unpaired) electrons. The molecule has 0 saturated heterocycles. The molecular weight excluding hydrogens is 416 g/mol. The van der Waals surface area contributed by atoms with Crippen LogP contribution in [0.4, 0.5) is 0 Å². The largest absolute Gasteiger partial charge is 2.00 e. The van der Waals surface area contributed by atoms with Crippen LogP contribution in [0.25, 0.3) is 0 Å². The third-order valence-corrected chi connectivity index (χ3v) is 6.16. The predicted octanol–water partition coefficient (Wildman–Crippen LogP) is 9.52. The molecule has 2 aromatic carbocycles. The van der Waals surface area contributed by atoms with E-state index in [4.69, 9.17) is 0 Å². The Labute approximate surface area is 205 Å². The summed E-state index contributed by atoms with van der Waals surface area (Å²) in [4.78, 5) is 0. The summed E-state index contributed by atoms with van der Waals surface area (Å²) in [6.07, 6.45) is 19.7. The van der Waals surface area contributed by atoms with Gasteiger partial charge in [-0.2, -0.15) is 46.0 Å². The van der Waals surface area contributed by atoms with Crippen molar-refractivity contribution in [2.75, 3.05) is 0 Å². The van der Waals surface area contributed by atoms with Gasteiger partial charge >= 0.3 is 17.1 Å².